The monoisotopic (exact) mass is 250 g/mol. The summed E-state index contributed by atoms with van der Waals surface area (Å²) in [6.07, 6.45) is -2.17. The molecule has 0 fully saturated rings. The molecule has 0 N–H and O–H groups in total. The van der Waals surface area contributed by atoms with Crippen LogP contribution in [0.2, 0.25) is 5.02 Å². The largest absolute Gasteiger partial charge is 0.274 e. The van der Waals surface area contributed by atoms with Crippen molar-refractivity contribution in [3.05, 3.63) is 28.0 Å². The lowest BCUT2D eigenvalue weighted by Gasteiger charge is -2.05. The van der Waals surface area contributed by atoms with Crippen molar-refractivity contribution >= 4 is 28.4 Å². The van der Waals surface area contributed by atoms with Crippen LogP contribution in [0.25, 0.3) is 0 Å². The van der Waals surface area contributed by atoms with E-state index in [1.807, 2.05) is 0 Å². The molecule has 1 heterocycles. The van der Waals surface area contributed by atoms with Gasteiger partial charge in [-0.2, -0.15) is 5.26 Å². The quantitative estimate of drug-likeness (QED) is 0.759. The molecule has 15 heavy (non-hydrogen) atoms. The van der Waals surface area contributed by atoms with E-state index in [0.717, 1.165) is 0 Å². The van der Waals surface area contributed by atoms with Crippen LogP contribution in [0.3, 0.4) is 0 Å². The second-order valence-corrected chi connectivity index (χ2v) is 3.16. The van der Waals surface area contributed by atoms with Gasteiger partial charge in [-0.3, -0.25) is 4.79 Å². The van der Waals surface area contributed by atoms with Crippen LogP contribution >= 0.6 is 23.2 Å². The minimum absolute atomic E-state index is 0.403. The number of carbonyl (C=O) groups excluding carboxylic acids is 1. The Balaban J connectivity index is 3.48. The van der Waals surface area contributed by atoms with Gasteiger partial charge in [-0.1, -0.05) is 11.6 Å². The third-order valence-electron chi connectivity index (χ3n) is 1.58. The summed E-state index contributed by atoms with van der Waals surface area (Å²) < 4.78 is 24.7. The average molecular weight is 251 g/mol. The van der Waals surface area contributed by atoms with E-state index < -0.39 is 33.5 Å². The molecule has 0 radical (unpaired) electrons. The SMILES string of the molecule is N#Cc1c(C(F)F)cnc(C(=O)Cl)c1Cl. The second-order valence-electron chi connectivity index (χ2n) is 2.44. The molecule has 0 amide bonds. The average Bonchev–Trinajstić information content (AvgIpc) is 2.16. The molecule has 7 heteroatoms. The summed E-state index contributed by atoms with van der Waals surface area (Å²) in [5, 5.41) is 7.15. The summed E-state index contributed by atoms with van der Waals surface area (Å²) in [5.41, 5.74) is -1.51. The number of hydrogen-bond donors (Lipinski definition) is 0. The van der Waals surface area contributed by atoms with Gasteiger partial charge < -0.3 is 0 Å². The van der Waals surface area contributed by atoms with Crippen molar-refractivity contribution in [2.75, 3.05) is 0 Å². The fraction of sp³-hybridized carbons (Fsp3) is 0.125. The zero-order valence-electron chi connectivity index (χ0n) is 6.97. The number of nitriles is 1. The van der Waals surface area contributed by atoms with E-state index in [1.165, 1.54) is 6.07 Å². The van der Waals surface area contributed by atoms with Crippen molar-refractivity contribution < 1.29 is 13.6 Å². The van der Waals surface area contributed by atoms with Gasteiger partial charge in [0, 0.05) is 6.20 Å². The highest BCUT2D eigenvalue weighted by Gasteiger charge is 2.21. The highest BCUT2D eigenvalue weighted by Crippen LogP contribution is 2.29. The molecule has 1 rings (SSSR count). The zero-order valence-corrected chi connectivity index (χ0v) is 8.48. The first-order valence-electron chi connectivity index (χ1n) is 3.55. The Hall–Kier alpha value is -1.25. The number of alkyl halides is 2. The lowest BCUT2D eigenvalue weighted by atomic mass is 10.1. The van der Waals surface area contributed by atoms with E-state index in [4.69, 9.17) is 28.5 Å². The van der Waals surface area contributed by atoms with Gasteiger partial charge in [-0.25, -0.2) is 13.8 Å². The van der Waals surface area contributed by atoms with Crippen LogP contribution in [0.1, 0.15) is 28.0 Å². The fourth-order valence-electron chi connectivity index (χ4n) is 0.917. The van der Waals surface area contributed by atoms with Gasteiger partial charge in [-0.15, -0.1) is 0 Å². The van der Waals surface area contributed by atoms with E-state index in [2.05, 4.69) is 4.98 Å². The number of rotatable bonds is 2. The molecule has 3 nitrogen and oxygen atoms in total. The highest BCUT2D eigenvalue weighted by atomic mass is 35.5. The molecular weight excluding hydrogens is 249 g/mol. The predicted octanol–water partition coefficient (Wildman–Crippen LogP) is 2.92. The molecular formula is C8H2Cl2F2N2O. The summed E-state index contributed by atoms with van der Waals surface area (Å²) in [6.45, 7) is 0. The van der Waals surface area contributed by atoms with Gasteiger partial charge in [0.15, 0.2) is 0 Å². The van der Waals surface area contributed by atoms with Gasteiger partial charge in [0.05, 0.1) is 16.1 Å². The first-order valence-corrected chi connectivity index (χ1v) is 4.31. The molecule has 1 aromatic heterocycles. The first-order chi connectivity index (χ1) is 6.99. The predicted molar refractivity (Wildman–Crippen MR) is 49.1 cm³/mol. The molecule has 0 saturated carbocycles. The maximum atomic E-state index is 12.4. The van der Waals surface area contributed by atoms with Crippen LogP contribution in [0.15, 0.2) is 6.20 Å². The Morgan fingerprint density at radius 1 is 1.60 bits per heavy atom. The van der Waals surface area contributed by atoms with Crippen molar-refractivity contribution in [1.82, 2.24) is 4.98 Å². The molecule has 0 spiro atoms. The lowest BCUT2D eigenvalue weighted by Crippen LogP contribution is -2.02. The normalized spacial score (nSPS) is 10.1. The third-order valence-corrected chi connectivity index (χ3v) is 2.13. The molecule has 0 unspecified atom stereocenters. The van der Waals surface area contributed by atoms with Gasteiger partial charge in [0.1, 0.15) is 11.8 Å². The van der Waals surface area contributed by atoms with Gasteiger partial charge in [0.2, 0.25) is 0 Å². The molecule has 1 aromatic rings. The molecule has 0 bridgehead atoms. The Morgan fingerprint density at radius 3 is 2.60 bits per heavy atom. The van der Waals surface area contributed by atoms with Crippen molar-refractivity contribution in [3.63, 3.8) is 0 Å². The van der Waals surface area contributed by atoms with Crippen molar-refractivity contribution in [2.45, 2.75) is 6.43 Å². The van der Waals surface area contributed by atoms with Gasteiger partial charge in [-0.05, 0) is 11.6 Å². The second kappa shape index (κ2) is 4.51. The summed E-state index contributed by atoms with van der Waals surface area (Å²) in [6, 6.07) is 1.48. The molecule has 0 aliphatic heterocycles. The Morgan fingerprint density at radius 2 is 2.20 bits per heavy atom. The van der Waals surface area contributed by atoms with Crippen molar-refractivity contribution in [2.24, 2.45) is 0 Å². The number of halogens is 4. The highest BCUT2D eigenvalue weighted by molar-refractivity contribution is 6.68. The maximum absolute atomic E-state index is 12.4. The number of carbonyl (C=O) groups is 1. The fourth-order valence-corrected chi connectivity index (χ4v) is 1.39. The third kappa shape index (κ3) is 2.22. The number of aromatic nitrogens is 1. The Kier molecular flexibility index (Phi) is 3.56. The van der Waals surface area contributed by atoms with E-state index in [9.17, 15) is 13.6 Å². The van der Waals surface area contributed by atoms with Crippen LogP contribution in [-0.2, 0) is 0 Å². The molecule has 0 aliphatic carbocycles. The zero-order chi connectivity index (χ0) is 11.6. The van der Waals surface area contributed by atoms with Crippen LogP contribution in [-0.4, -0.2) is 10.2 Å². The van der Waals surface area contributed by atoms with E-state index in [1.54, 1.807) is 0 Å². The number of hydrogen-bond acceptors (Lipinski definition) is 3. The Bertz CT molecular complexity index is 457. The van der Waals surface area contributed by atoms with Crippen LogP contribution < -0.4 is 0 Å². The molecule has 0 aromatic carbocycles. The smallest absolute Gasteiger partial charge is 0.272 e. The topological polar surface area (TPSA) is 53.8 Å². The van der Waals surface area contributed by atoms with Crippen molar-refractivity contribution in [3.8, 4) is 6.07 Å². The maximum Gasteiger partial charge on any atom is 0.272 e. The summed E-state index contributed by atoms with van der Waals surface area (Å²) in [5.74, 6) is 0. The number of pyridine rings is 1. The van der Waals surface area contributed by atoms with Gasteiger partial charge in [0.25, 0.3) is 11.7 Å². The molecule has 78 valence electrons. The first kappa shape index (κ1) is 11.8. The van der Waals surface area contributed by atoms with Crippen LogP contribution in [0.5, 0.6) is 0 Å². The minimum atomic E-state index is -2.89. The Labute approximate surface area is 93.2 Å². The minimum Gasteiger partial charge on any atom is -0.274 e. The summed E-state index contributed by atoms with van der Waals surface area (Å²) >= 11 is 10.6. The standard InChI is InChI=1S/C8H2Cl2F2N2O/c9-5-3(1-13)4(8(11)12)2-14-6(5)7(10)15/h2,8H. The van der Waals surface area contributed by atoms with Crippen molar-refractivity contribution in [1.29, 1.82) is 5.26 Å². The van der Waals surface area contributed by atoms with E-state index in [-0.39, 0.29) is 0 Å². The molecule has 0 saturated heterocycles. The number of nitrogens with zero attached hydrogens (tertiary/aromatic N) is 2. The summed E-state index contributed by atoms with van der Waals surface area (Å²) in [7, 11) is 0. The summed E-state index contributed by atoms with van der Waals surface area (Å²) in [4.78, 5) is 14.1. The van der Waals surface area contributed by atoms with Gasteiger partial charge >= 0.3 is 0 Å². The molecule has 0 atom stereocenters. The lowest BCUT2D eigenvalue weighted by molar-refractivity contribution is 0.107. The van der Waals surface area contributed by atoms with E-state index >= 15 is 0 Å². The van der Waals surface area contributed by atoms with Crippen LogP contribution in [0, 0.1) is 11.3 Å². The van der Waals surface area contributed by atoms with E-state index in [0.29, 0.717) is 6.20 Å². The van der Waals surface area contributed by atoms with Crippen LogP contribution in [0.4, 0.5) is 8.78 Å². The molecule has 0 aliphatic rings.